The van der Waals surface area contributed by atoms with Crippen molar-refractivity contribution in [2.45, 2.75) is 6.54 Å². The van der Waals surface area contributed by atoms with Crippen molar-refractivity contribution in [3.05, 3.63) is 16.9 Å². The summed E-state index contributed by atoms with van der Waals surface area (Å²) >= 11 is 5.53. The Labute approximate surface area is 73.2 Å². The number of aromatic carboxylic acids is 1. The number of carboxylic acid groups (broad SMARTS) is 1. The fourth-order valence-corrected chi connectivity index (χ4v) is 1.06. The van der Waals surface area contributed by atoms with Crippen LogP contribution in [0.5, 0.6) is 0 Å². The van der Waals surface area contributed by atoms with Gasteiger partial charge in [0.1, 0.15) is 0 Å². The van der Waals surface area contributed by atoms with E-state index in [2.05, 4.69) is 5.10 Å². The predicted octanol–water partition coefficient (Wildman–Crippen LogP) is 0.227. The van der Waals surface area contributed by atoms with E-state index in [-0.39, 0.29) is 23.9 Å². The van der Waals surface area contributed by atoms with Gasteiger partial charge in [-0.2, -0.15) is 5.10 Å². The molecular weight excluding hydrogens is 184 g/mol. The first kappa shape index (κ1) is 9.02. The van der Waals surface area contributed by atoms with Gasteiger partial charge in [-0.05, 0) is 0 Å². The van der Waals surface area contributed by atoms with Crippen LogP contribution in [-0.4, -0.2) is 32.6 Å². The number of aromatic nitrogens is 2. The number of rotatable bonds is 3. The van der Waals surface area contributed by atoms with Crippen molar-refractivity contribution in [3.63, 3.8) is 0 Å². The quantitative estimate of drug-likeness (QED) is 0.716. The Hall–Kier alpha value is -1.07. The fourth-order valence-electron chi connectivity index (χ4n) is 0.839. The number of aliphatic hydroxyl groups excluding tert-OH is 1. The standard InChI is InChI=1S/C6H7ClN2O3/c7-4-3-8-9(1-2-10)5(4)6(11)12/h3,10H,1-2H2,(H,11,12). The van der Waals surface area contributed by atoms with E-state index in [4.69, 9.17) is 21.8 Å². The summed E-state index contributed by atoms with van der Waals surface area (Å²) in [6, 6.07) is 0. The number of hydrogen-bond acceptors (Lipinski definition) is 3. The Bertz CT molecular complexity index is 297. The molecule has 0 atom stereocenters. The van der Waals surface area contributed by atoms with Gasteiger partial charge in [0.05, 0.1) is 24.4 Å². The minimum atomic E-state index is -1.15. The highest BCUT2D eigenvalue weighted by Crippen LogP contribution is 2.14. The van der Waals surface area contributed by atoms with Crippen molar-refractivity contribution >= 4 is 17.6 Å². The Kier molecular flexibility index (Phi) is 2.67. The van der Waals surface area contributed by atoms with Crippen LogP contribution in [-0.2, 0) is 6.54 Å². The van der Waals surface area contributed by atoms with Crippen LogP contribution < -0.4 is 0 Å². The Morgan fingerprint density at radius 2 is 2.42 bits per heavy atom. The Morgan fingerprint density at radius 3 is 2.92 bits per heavy atom. The van der Waals surface area contributed by atoms with E-state index in [0.29, 0.717) is 0 Å². The van der Waals surface area contributed by atoms with Crippen molar-refractivity contribution in [2.75, 3.05) is 6.61 Å². The van der Waals surface area contributed by atoms with Gasteiger partial charge >= 0.3 is 5.97 Å². The van der Waals surface area contributed by atoms with Crippen LogP contribution in [0.3, 0.4) is 0 Å². The first-order chi connectivity index (χ1) is 5.66. The van der Waals surface area contributed by atoms with Gasteiger partial charge in [0, 0.05) is 0 Å². The summed E-state index contributed by atoms with van der Waals surface area (Å²) in [7, 11) is 0. The molecule has 0 fully saturated rings. The van der Waals surface area contributed by atoms with E-state index in [1.165, 1.54) is 6.20 Å². The molecule has 0 aliphatic rings. The summed E-state index contributed by atoms with van der Waals surface area (Å²) in [5.74, 6) is -1.15. The SMILES string of the molecule is O=C(O)c1c(Cl)cnn1CCO. The molecule has 0 aliphatic heterocycles. The summed E-state index contributed by atoms with van der Waals surface area (Å²) in [5.41, 5.74) is -0.0919. The topological polar surface area (TPSA) is 75.3 Å². The molecule has 0 radical (unpaired) electrons. The Balaban J connectivity index is 3.04. The average Bonchev–Trinajstić information content (AvgIpc) is 2.32. The molecule has 2 N–H and O–H groups in total. The third kappa shape index (κ3) is 1.57. The molecule has 0 amide bonds. The van der Waals surface area contributed by atoms with Crippen molar-refractivity contribution in [2.24, 2.45) is 0 Å². The highest BCUT2D eigenvalue weighted by Gasteiger charge is 2.15. The van der Waals surface area contributed by atoms with Crippen molar-refractivity contribution < 1.29 is 15.0 Å². The van der Waals surface area contributed by atoms with E-state index in [0.717, 1.165) is 4.68 Å². The average molecular weight is 191 g/mol. The van der Waals surface area contributed by atoms with Crippen molar-refractivity contribution in [1.29, 1.82) is 0 Å². The van der Waals surface area contributed by atoms with E-state index < -0.39 is 5.97 Å². The molecule has 12 heavy (non-hydrogen) atoms. The number of carbonyl (C=O) groups is 1. The zero-order chi connectivity index (χ0) is 9.14. The van der Waals surface area contributed by atoms with Crippen LogP contribution in [0, 0.1) is 0 Å². The molecule has 6 heteroatoms. The summed E-state index contributed by atoms with van der Waals surface area (Å²) in [4.78, 5) is 10.6. The number of nitrogens with zero attached hydrogens (tertiary/aromatic N) is 2. The van der Waals surface area contributed by atoms with Gasteiger partial charge in [-0.15, -0.1) is 0 Å². The predicted molar refractivity (Wildman–Crippen MR) is 41.3 cm³/mol. The normalized spacial score (nSPS) is 10.2. The summed E-state index contributed by atoms with van der Waals surface area (Å²) in [5, 5.41) is 20.9. The third-order valence-corrected chi connectivity index (χ3v) is 1.59. The van der Waals surface area contributed by atoms with Gasteiger partial charge in [-0.3, -0.25) is 4.68 Å². The van der Waals surface area contributed by atoms with Crippen LogP contribution in [0.25, 0.3) is 0 Å². The minimum absolute atomic E-state index is 0.0796. The van der Waals surface area contributed by atoms with Crippen LogP contribution in [0.1, 0.15) is 10.5 Å². The minimum Gasteiger partial charge on any atom is -0.476 e. The molecule has 0 aliphatic carbocycles. The second kappa shape index (κ2) is 3.55. The molecule has 66 valence electrons. The zero-order valence-corrected chi connectivity index (χ0v) is 6.82. The molecule has 5 nitrogen and oxygen atoms in total. The molecule has 0 aromatic carbocycles. The van der Waals surface area contributed by atoms with Crippen LogP contribution in [0.15, 0.2) is 6.20 Å². The van der Waals surface area contributed by atoms with Gasteiger partial charge in [0.25, 0.3) is 0 Å². The number of halogens is 1. The van der Waals surface area contributed by atoms with Gasteiger partial charge in [-0.25, -0.2) is 4.79 Å². The number of aliphatic hydroxyl groups is 1. The second-order valence-corrected chi connectivity index (χ2v) is 2.50. The molecule has 1 aromatic rings. The van der Waals surface area contributed by atoms with Gasteiger partial charge in [0.15, 0.2) is 5.69 Å². The first-order valence-electron chi connectivity index (χ1n) is 3.22. The second-order valence-electron chi connectivity index (χ2n) is 2.09. The molecule has 1 rings (SSSR count). The highest BCUT2D eigenvalue weighted by atomic mass is 35.5. The lowest BCUT2D eigenvalue weighted by atomic mass is 10.4. The monoisotopic (exact) mass is 190 g/mol. The van der Waals surface area contributed by atoms with Crippen LogP contribution in [0.4, 0.5) is 0 Å². The van der Waals surface area contributed by atoms with E-state index in [1.807, 2.05) is 0 Å². The zero-order valence-electron chi connectivity index (χ0n) is 6.07. The lowest BCUT2D eigenvalue weighted by Gasteiger charge is -2.00. The summed E-state index contributed by atoms with van der Waals surface area (Å²) in [6.45, 7) is -0.0351. The van der Waals surface area contributed by atoms with E-state index in [1.54, 1.807) is 0 Å². The molecule has 0 unspecified atom stereocenters. The van der Waals surface area contributed by atoms with E-state index >= 15 is 0 Å². The molecule has 0 bridgehead atoms. The molecule has 0 saturated heterocycles. The summed E-state index contributed by atoms with van der Waals surface area (Å²) < 4.78 is 1.14. The summed E-state index contributed by atoms with van der Waals surface area (Å²) in [6.07, 6.45) is 1.24. The maximum atomic E-state index is 10.6. The van der Waals surface area contributed by atoms with Gasteiger partial charge in [-0.1, -0.05) is 11.6 Å². The molecular formula is C6H7ClN2O3. The third-order valence-electron chi connectivity index (χ3n) is 1.31. The van der Waals surface area contributed by atoms with Gasteiger partial charge in [0.2, 0.25) is 0 Å². The number of carboxylic acids is 1. The van der Waals surface area contributed by atoms with E-state index in [9.17, 15) is 4.79 Å². The number of hydrogen-bond donors (Lipinski definition) is 2. The molecule has 0 spiro atoms. The lowest BCUT2D eigenvalue weighted by Crippen LogP contribution is -2.12. The van der Waals surface area contributed by atoms with Crippen molar-refractivity contribution in [1.82, 2.24) is 9.78 Å². The highest BCUT2D eigenvalue weighted by molar-refractivity contribution is 6.33. The smallest absolute Gasteiger partial charge is 0.355 e. The molecule has 1 heterocycles. The Morgan fingerprint density at radius 1 is 1.75 bits per heavy atom. The maximum Gasteiger partial charge on any atom is 0.355 e. The largest absolute Gasteiger partial charge is 0.476 e. The maximum absolute atomic E-state index is 10.6. The first-order valence-corrected chi connectivity index (χ1v) is 3.60. The molecule has 1 aromatic heterocycles. The molecule has 0 saturated carbocycles. The van der Waals surface area contributed by atoms with Crippen LogP contribution >= 0.6 is 11.6 Å². The van der Waals surface area contributed by atoms with Gasteiger partial charge < -0.3 is 10.2 Å². The fraction of sp³-hybridized carbons (Fsp3) is 0.333. The van der Waals surface area contributed by atoms with Crippen molar-refractivity contribution in [3.8, 4) is 0 Å². The van der Waals surface area contributed by atoms with Crippen LogP contribution in [0.2, 0.25) is 5.02 Å². The lowest BCUT2D eigenvalue weighted by molar-refractivity contribution is 0.0682.